The molecule has 6 heteroatoms. The minimum Gasteiger partial charge on any atom is -0.224 e. The molecule has 1 heterocycles. The van der Waals surface area contributed by atoms with E-state index < -0.39 is 4.59 Å². The first-order valence-electron chi connectivity index (χ1n) is 2.80. The standard InChI is InChI=1S/C6H2Cl4FN/c7-4-2-1-3(5(8)12-4)6(9,10)11/h1-2H. The first-order valence-corrected chi connectivity index (χ1v) is 4.31. The highest BCUT2D eigenvalue weighted by Gasteiger charge is 2.28. The first-order chi connectivity index (χ1) is 5.41. The average Bonchev–Trinajstić information content (AvgIpc) is 1.83. The molecular formula is C6H2Cl4FN. The Kier molecular flexibility index (Phi) is 3.05. The van der Waals surface area contributed by atoms with Crippen LogP contribution in [0, 0.1) is 0 Å². The van der Waals surface area contributed by atoms with Gasteiger partial charge in [0.1, 0.15) is 10.3 Å². The van der Waals surface area contributed by atoms with Crippen LogP contribution in [0.1, 0.15) is 5.56 Å². The molecule has 0 aliphatic heterocycles. The topological polar surface area (TPSA) is 12.9 Å². The smallest absolute Gasteiger partial charge is 0.224 e. The van der Waals surface area contributed by atoms with Crippen molar-refractivity contribution in [3.8, 4) is 0 Å². The highest BCUT2D eigenvalue weighted by molar-refractivity contribution is 6.47. The molecule has 0 spiro atoms. The molecule has 66 valence electrons. The largest absolute Gasteiger partial charge is 0.286 e. The van der Waals surface area contributed by atoms with E-state index in [4.69, 9.17) is 46.4 Å². The monoisotopic (exact) mass is 247 g/mol. The fourth-order valence-corrected chi connectivity index (χ4v) is 1.50. The van der Waals surface area contributed by atoms with Gasteiger partial charge in [0.2, 0.25) is 0 Å². The van der Waals surface area contributed by atoms with Gasteiger partial charge in [-0.25, -0.2) is 9.37 Å². The molecule has 1 aromatic rings. The van der Waals surface area contributed by atoms with Crippen LogP contribution < -0.4 is 0 Å². The van der Waals surface area contributed by atoms with E-state index in [1.165, 1.54) is 12.1 Å². The molecule has 0 unspecified atom stereocenters. The molecule has 1 aromatic heterocycles. The molecule has 0 aliphatic carbocycles. The lowest BCUT2D eigenvalue weighted by atomic mass is 10.3. The van der Waals surface area contributed by atoms with E-state index in [2.05, 4.69) is 4.98 Å². The van der Waals surface area contributed by atoms with Gasteiger partial charge in [0.15, 0.2) is 0 Å². The van der Waals surface area contributed by atoms with Crippen LogP contribution in [-0.4, -0.2) is 4.98 Å². The van der Waals surface area contributed by atoms with Gasteiger partial charge in [-0.15, -0.1) is 0 Å². The second-order valence-electron chi connectivity index (χ2n) is 1.97. The van der Waals surface area contributed by atoms with Crippen molar-refractivity contribution in [2.24, 2.45) is 0 Å². The third-order valence-corrected chi connectivity index (χ3v) is 2.03. The Morgan fingerprint density at radius 1 is 1.25 bits per heavy atom. The quantitative estimate of drug-likeness (QED) is 0.542. The summed E-state index contributed by atoms with van der Waals surface area (Å²) in [5, 5.41) is 0.0105. The summed E-state index contributed by atoms with van der Waals surface area (Å²) in [7, 11) is 0. The normalized spacial score (nSPS) is 11.8. The summed E-state index contributed by atoms with van der Waals surface area (Å²) in [4.78, 5) is 3.56. The maximum Gasteiger partial charge on any atom is 0.286 e. The maximum absolute atomic E-state index is 12.9. The highest BCUT2D eigenvalue weighted by atomic mass is 35.5. The molecule has 12 heavy (non-hydrogen) atoms. The Morgan fingerprint density at radius 3 is 2.25 bits per heavy atom. The number of nitrogens with zero attached hydrogens (tertiary/aromatic N) is 1. The summed E-state index contributed by atoms with van der Waals surface area (Å²) in [6.45, 7) is 0. The zero-order valence-corrected chi connectivity index (χ0v) is 8.52. The zero-order valence-electron chi connectivity index (χ0n) is 5.49. The molecule has 1 nitrogen and oxygen atoms in total. The van der Waals surface area contributed by atoms with Crippen molar-refractivity contribution < 1.29 is 4.39 Å². The van der Waals surface area contributed by atoms with E-state index in [0.29, 0.717) is 0 Å². The van der Waals surface area contributed by atoms with Gasteiger partial charge < -0.3 is 0 Å². The van der Waals surface area contributed by atoms with E-state index in [-0.39, 0.29) is 15.9 Å². The van der Waals surface area contributed by atoms with E-state index >= 15 is 0 Å². The van der Waals surface area contributed by atoms with Gasteiger partial charge in [-0.05, 0) is 12.1 Å². The van der Waals surface area contributed by atoms with Crippen molar-refractivity contribution in [2.45, 2.75) is 4.59 Å². The van der Waals surface area contributed by atoms with Crippen LogP contribution in [0.4, 0.5) is 4.39 Å². The Hall–Kier alpha value is 0.240. The van der Waals surface area contributed by atoms with Crippen LogP contribution in [0.3, 0.4) is 0 Å². The molecule has 0 N–H and O–H groups in total. The lowest BCUT2D eigenvalue weighted by Gasteiger charge is -2.10. The number of rotatable bonds is 1. The lowest BCUT2D eigenvalue weighted by Crippen LogP contribution is -2.03. The second kappa shape index (κ2) is 3.54. The number of halogens is 5. The summed E-state index contributed by atoms with van der Waals surface area (Å²) in [5.74, 6) is 0. The van der Waals surface area contributed by atoms with Crippen molar-refractivity contribution in [1.29, 1.82) is 0 Å². The third kappa shape index (κ3) is 2.36. The lowest BCUT2D eigenvalue weighted by molar-refractivity contribution is 0.404. The van der Waals surface area contributed by atoms with Crippen LogP contribution in [-0.2, 0) is 4.59 Å². The molecule has 0 aliphatic rings. The summed E-state index contributed by atoms with van der Waals surface area (Å²) in [5.41, 5.74) is -0.114. The summed E-state index contributed by atoms with van der Waals surface area (Å²) >= 11 is 21.3. The number of alkyl halides is 3. The van der Waals surface area contributed by atoms with E-state index in [1.54, 1.807) is 0 Å². The predicted octanol–water partition coefficient (Wildman–Crippen LogP) is 3.95. The van der Waals surface area contributed by atoms with Gasteiger partial charge in [-0.1, -0.05) is 46.4 Å². The Balaban J connectivity index is 3.19. The van der Waals surface area contributed by atoms with E-state index in [0.717, 1.165) is 0 Å². The molecule has 0 fully saturated rings. The average molecular weight is 249 g/mol. The van der Waals surface area contributed by atoms with Gasteiger partial charge in [0, 0.05) is 0 Å². The van der Waals surface area contributed by atoms with E-state index in [9.17, 15) is 4.39 Å². The van der Waals surface area contributed by atoms with Crippen LogP contribution in [0.5, 0.6) is 0 Å². The molecule has 0 aromatic carbocycles. The van der Waals surface area contributed by atoms with Gasteiger partial charge >= 0.3 is 0 Å². The van der Waals surface area contributed by atoms with Gasteiger partial charge in [0.25, 0.3) is 4.59 Å². The minimum atomic E-state index is -2.53. The van der Waals surface area contributed by atoms with Gasteiger partial charge in [0.05, 0.1) is 5.56 Å². The molecule has 0 saturated heterocycles. The third-order valence-electron chi connectivity index (χ3n) is 1.12. The van der Waals surface area contributed by atoms with E-state index in [1.807, 2.05) is 0 Å². The second-order valence-corrected chi connectivity index (χ2v) is 3.95. The Labute approximate surface area is 88.4 Å². The predicted molar refractivity (Wildman–Crippen MR) is 48.7 cm³/mol. The fourth-order valence-electron chi connectivity index (χ4n) is 0.624. The van der Waals surface area contributed by atoms with Crippen molar-refractivity contribution in [1.82, 2.24) is 4.98 Å². The van der Waals surface area contributed by atoms with Crippen molar-refractivity contribution in [3.05, 3.63) is 28.0 Å². The summed E-state index contributed by atoms with van der Waals surface area (Å²) < 4.78 is 10.3. The highest BCUT2D eigenvalue weighted by Crippen LogP contribution is 2.38. The van der Waals surface area contributed by atoms with Crippen molar-refractivity contribution in [2.75, 3.05) is 0 Å². The molecule has 0 bridgehead atoms. The SMILES string of the molecule is FC(Cl)(Cl)c1ccc(Cl)nc1Cl. The number of aromatic nitrogens is 1. The molecule has 0 saturated carbocycles. The van der Waals surface area contributed by atoms with Crippen LogP contribution in [0.25, 0.3) is 0 Å². The maximum atomic E-state index is 12.9. The van der Waals surface area contributed by atoms with Gasteiger partial charge in [-0.2, -0.15) is 0 Å². The van der Waals surface area contributed by atoms with Crippen LogP contribution in [0.15, 0.2) is 12.1 Å². The van der Waals surface area contributed by atoms with Crippen LogP contribution >= 0.6 is 46.4 Å². The minimum absolute atomic E-state index is 0.114. The number of pyridine rings is 1. The molecule has 0 atom stereocenters. The molecule has 0 amide bonds. The van der Waals surface area contributed by atoms with Crippen molar-refractivity contribution in [3.63, 3.8) is 0 Å². The molecule has 0 radical (unpaired) electrons. The van der Waals surface area contributed by atoms with Crippen LogP contribution in [0.2, 0.25) is 10.3 Å². The zero-order chi connectivity index (χ0) is 9.35. The number of hydrogen-bond donors (Lipinski definition) is 0. The Bertz CT molecular complexity index is 296. The molecular weight excluding hydrogens is 247 g/mol. The summed E-state index contributed by atoms with van der Waals surface area (Å²) in [6, 6.07) is 2.62. The summed E-state index contributed by atoms with van der Waals surface area (Å²) in [6.07, 6.45) is 0. The van der Waals surface area contributed by atoms with Gasteiger partial charge in [-0.3, -0.25) is 0 Å². The Morgan fingerprint density at radius 2 is 1.83 bits per heavy atom. The first kappa shape index (κ1) is 10.3. The van der Waals surface area contributed by atoms with Crippen molar-refractivity contribution >= 4 is 46.4 Å². The fraction of sp³-hybridized carbons (Fsp3) is 0.167. The number of hydrogen-bond acceptors (Lipinski definition) is 1. The molecule has 1 rings (SSSR count).